The maximum absolute atomic E-state index is 14.1. The fourth-order valence-electron chi connectivity index (χ4n) is 2.99. The quantitative estimate of drug-likeness (QED) is 0.536. The summed E-state index contributed by atoms with van der Waals surface area (Å²) in [5.41, 5.74) is 2.69. The highest BCUT2D eigenvalue weighted by molar-refractivity contribution is 5.74. The largest absolute Gasteiger partial charge is 0.378 e. The highest BCUT2D eigenvalue weighted by atomic mass is 19.3. The van der Waals surface area contributed by atoms with E-state index in [1.165, 1.54) is 12.1 Å². The van der Waals surface area contributed by atoms with Crippen LogP contribution in [0.5, 0.6) is 0 Å². The summed E-state index contributed by atoms with van der Waals surface area (Å²) in [4.78, 5) is 3.90. The molecule has 0 aliphatic rings. The van der Waals surface area contributed by atoms with Crippen LogP contribution in [0.3, 0.4) is 0 Å². The van der Waals surface area contributed by atoms with E-state index < -0.39 is 5.92 Å². The van der Waals surface area contributed by atoms with Crippen molar-refractivity contribution in [2.45, 2.75) is 32.1 Å². The summed E-state index contributed by atoms with van der Waals surface area (Å²) >= 11 is 0. The number of alkyl halides is 2. The standard InChI is InChI=1S/C22H23F2N3/c1-15(17-8-6-5-7-9-17)10-16-11-18(13-19(12-16)22(2,23)24)21(27-4)20(14-25)26-3/h5-9,11-13,15,26H,4,10H2,1-3H3/b21-20-. The Morgan fingerprint density at radius 1 is 1.26 bits per heavy atom. The predicted octanol–water partition coefficient (Wildman–Crippen LogP) is 5.26. The zero-order valence-corrected chi connectivity index (χ0v) is 15.8. The summed E-state index contributed by atoms with van der Waals surface area (Å²) in [5.74, 6) is -2.84. The molecule has 2 aromatic rings. The Kier molecular flexibility index (Phi) is 6.46. The molecule has 1 N–H and O–H groups in total. The summed E-state index contributed by atoms with van der Waals surface area (Å²) in [7, 11) is 1.58. The maximum Gasteiger partial charge on any atom is 0.270 e. The number of benzene rings is 2. The Morgan fingerprint density at radius 3 is 2.44 bits per heavy atom. The Hall–Kier alpha value is -3.00. The van der Waals surface area contributed by atoms with Gasteiger partial charge in [0.05, 0.1) is 0 Å². The van der Waals surface area contributed by atoms with Gasteiger partial charge >= 0.3 is 0 Å². The van der Waals surface area contributed by atoms with Crippen molar-refractivity contribution in [2.24, 2.45) is 4.99 Å². The summed E-state index contributed by atoms with van der Waals surface area (Å²) < 4.78 is 28.1. The van der Waals surface area contributed by atoms with Gasteiger partial charge in [-0.05, 0) is 48.4 Å². The van der Waals surface area contributed by atoms with Gasteiger partial charge in [-0.15, -0.1) is 0 Å². The van der Waals surface area contributed by atoms with Crippen molar-refractivity contribution < 1.29 is 8.78 Å². The Balaban J connectivity index is 2.54. The van der Waals surface area contributed by atoms with E-state index in [1.807, 2.05) is 36.4 Å². The average molecular weight is 367 g/mol. The van der Waals surface area contributed by atoms with Crippen molar-refractivity contribution in [3.63, 3.8) is 0 Å². The predicted molar refractivity (Wildman–Crippen MR) is 106 cm³/mol. The third kappa shape index (κ3) is 5.01. The minimum atomic E-state index is -3.00. The van der Waals surface area contributed by atoms with Gasteiger partial charge in [0.2, 0.25) is 0 Å². The van der Waals surface area contributed by atoms with Crippen molar-refractivity contribution in [3.8, 4) is 6.07 Å². The van der Waals surface area contributed by atoms with Gasteiger partial charge in [0.25, 0.3) is 5.92 Å². The van der Waals surface area contributed by atoms with Gasteiger partial charge in [0.1, 0.15) is 17.5 Å². The second-order valence-electron chi connectivity index (χ2n) is 6.57. The SMILES string of the molecule is C=N/C(=C(/C#N)NC)c1cc(CC(C)c2ccccc2)cc(C(C)(F)F)c1. The number of rotatable bonds is 7. The summed E-state index contributed by atoms with van der Waals surface area (Å²) in [6.45, 7) is 6.42. The normalized spacial score (nSPS) is 13.3. The Labute approximate surface area is 159 Å². The lowest BCUT2D eigenvalue weighted by Crippen LogP contribution is -2.11. The monoisotopic (exact) mass is 367 g/mol. The van der Waals surface area contributed by atoms with Gasteiger partial charge in [0, 0.05) is 25.1 Å². The lowest BCUT2D eigenvalue weighted by molar-refractivity contribution is 0.0173. The zero-order valence-electron chi connectivity index (χ0n) is 15.8. The van der Waals surface area contributed by atoms with Crippen LogP contribution in [0.2, 0.25) is 0 Å². The van der Waals surface area contributed by atoms with Crippen LogP contribution in [0, 0.1) is 11.3 Å². The molecule has 0 bridgehead atoms. The van der Waals surface area contributed by atoms with E-state index in [9.17, 15) is 14.0 Å². The van der Waals surface area contributed by atoms with E-state index >= 15 is 0 Å². The second-order valence-corrected chi connectivity index (χ2v) is 6.57. The Bertz CT molecular complexity index is 875. The molecule has 0 amide bonds. The van der Waals surface area contributed by atoms with Crippen LogP contribution in [0.15, 0.2) is 59.2 Å². The number of nitrogens with zero attached hydrogens (tertiary/aromatic N) is 2. The fourth-order valence-corrected chi connectivity index (χ4v) is 2.99. The van der Waals surface area contributed by atoms with Crippen LogP contribution in [0.4, 0.5) is 8.78 Å². The molecule has 1 atom stereocenters. The summed E-state index contributed by atoms with van der Waals surface area (Å²) in [5, 5.41) is 12.0. The van der Waals surface area contributed by atoms with E-state index in [0.717, 1.165) is 18.1 Å². The lowest BCUT2D eigenvalue weighted by Gasteiger charge is -2.18. The molecular formula is C22H23F2N3. The van der Waals surface area contributed by atoms with E-state index in [4.69, 9.17) is 0 Å². The van der Waals surface area contributed by atoms with E-state index in [0.29, 0.717) is 12.0 Å². The maximum atomic E-state index is 14.1. The van der Waals surface area contributed by atoms with Crippen molar-refractivity contribution in [1.29, 1.82) is 5.26 Å². The van der Waals surface area contributed by atoms with Crippen molar-refractivity contribution in [3.05, 3.63) is 76.5 Å². The molecule has 3 nitrogen and oxygen atoms in total. The van der Waals surface area contributed by atoms with E-state index in [1.54, 1.807) is 13.1 Å². The average Bonchev–Trinajstić information content (AvgIpc) is 2.65. The molecule has 0 aliphatic carbocycles. The molecule has 0 saturated carbocycles. The van der Waals surface area contributed by atoms with Crippen LogP contribution < -0.4 is 5.32 Å². The molecule has 1 unspecified atom stereocenters. The highest BCUT2D eigenvalue weighted by Gasteiger charge is 2.26. The first-order valence-electron chi connectivity index (χ1n) is 8.66. The molecule has 0 aliphatic heterocycles. The molecule has 2 rings (SSSR count). The smallest absolute Gasteiger partial charge is 0.270 e. The first-order valence-corrected chi connectivity index (χ1v) is 8.66. The molecule has 0 saturated heterocycles. The summed E-state index contributed by atoms with van der Waals surface area (Å²) in [6, 6.07) is 16.6. The molecular weight excluding hydrogens is 344 g/mol. The van der Waals surface area contributed by atoms with Gasteiger partial charge in [-0.3, -0.25) is 4.99 Å². The number of halogens is 2. The zero-order chi connectivity index (χ0) is 20.0. The van der Waals surface area contributed by atoms with Gasteiger partial charge in [-0.2, -0.15) is 5.26 Å². The topological polar surface area (TPSA) is 48.2 Å². The number of nitriles is 1. The second kappa shape index (κ2) is 8.59. The van der Waals surface area contributed by atoms with E-state index in [2.05, 4.69) is 24.0 Å². The summed E-state index contributed by atoms with van der Waals surface area (Å²) in [6.07, 6.45) is 0.590. The molecule has 0 radical (unpaired) electrons. The van der Waals surface area contributed by atoms with Crippen LogP contribution in [-0.2, 0) is 12.3 Å². The Morgan fingerprint density at radius 2 is 1.93 bits per heavy atom. The first kappa shape index (κ1) is 20.3. The molecule has 140 valence electrons. The lowest BCUT2D eigenvalue weighted by atomic mass is 9.90. The first-order chi connectivity index (χ1) is 12.8. The van der Waals surface area contributed by atoms with Crippen molar-refractivity contribution in [2.75, 3.05) is 7.05 Å². The third-order valence-electron chi connectivity index (χ3n) is 4.44. The minimum Gasteiger partial charge on any atom is -0.378 e. The molecule has 0 spiro atoms. The van der Waals surface area contributed by atoms with Gasteiger partial charge in [-0.1, -0.05) is 37.3 Å². The van der Waals surface area contributed by atoms with Crippen LogP contribution in [-0.4, -0.2) is 13.8 Å². The molecule has 0 fully saturated rings. The molecule has 0 aromatic heterocycles. The molecule has 2 aromatic carbocycles. The van der Waals surface area contributed by atoms with Crippen LogP contribution in [0.25, 0.3) is 5.70 Å². The molecule has 5 heteroatoms. The van der Waals surface area contributed by atoms with E-state index in [-0.39, 0.29) is 22.9 Å². The van der Waals surface area contributed by atoms with Gasteiger partial charge < -0.3 is 5.32 Å². The van der Waals surface area contributed by atoms with Gasteiger partial charge in [0.15, 0.2) is 0 Å². The number of nitrogens with one attached hydrogen (secondary N) is 1. The highest BCUT2D eigenvalue weighted by Crippen LogP contribution is 2.33. The van der Waals surface area contributed by atoms with Crippen LogP contribution in [0.1, 0.15) is 42.0 Å². The van der Waals surface area contributed by atoms with Crippen LogP contribution >= 0.6 is 0 Å². The van der Waals surface area contributed by atoms with Crippen molar-refractivity contribution in [1.82, 2.24) is 5.32 Å². The van der Waals surface area contributed by atoms with Crippen molar-refractivity contribution >= 4 is 12.4 Å². The fraction of sp³-hybridized carbons (Fsp3) is 0.273. The van der Waals surface area contributed by atoms with Gasteiger partial charge in [-0.25, -0.2) is 8.78 Å². The molecule has 0 heterocycles. The third-order valence-corrected chi connectivity index (χ3v) is 4.44. The minimum absolute atomic E-state index is 0.107. The number of hydrogen-bond donors (Lipinski definition) is 1. The molecule has 27 heavy (non-hydrogen) atoms. The number of hydrogen-bond acceptors (Lipinski definition) is 3. The number of allylic oxidation sites excluding steroid dienone is 1. The number of aliphatic imine (C=N–C) groups is 1.